The predicted molar refractivity (Wildman–Crippen MR) is 77.1 cm³/mol. The van der Waals surface area contributed by atoms with Gasteiger partial charge in [0, 0.05) is 29.5 Å². The molecule has 0 aliphatic heterocycles. The zero-order valence-corrected chi connectivity index (χ0v) is 11.4. The summed E-state index contributed by atoms with van der Waals surface area (Å²) in [6.45, 7) is 4.20. The van der Waals surface area contributed by atoms with Gasteiger partial charge in [-0.2, -0.15) is 0 Å². The number of non-ortho nitro benzene ring substituents is 1. The summed E-state index contributed by atoms with van der Waals surface area (Å²) in [5, 5.41) is 10.6. The van der Waals surface area contributed by atoms with E-state index < -0.39 is 4.92 Å². The molecule has 0 saturated heterocycles. The summed E-state index contributed by atoms with van der Waals surface area (Å²) in [6, 6.07) is 7.89. The normalized spacial score (nSPS) is 10.8. The fraction of sp³-hybridized carbons (Fsp3) is 0.286. The zero-order chi connectivity index (χ0) is 14.7. The van der Waals surface area contributed by atoms with E-state index in [0.717, 1.165) is 12.1 Å². The van der Waals surface area contributed by atoms with Crippen LogP contribution in [0.2, 0.25) is 0 Å². The van der Waals surface area contributed by atoms with E-state index in [1.54, 1.807) is 18.2 Å². The Morgan fingerprint density at radius 3 is 2.45 bits per heavy atom. The molecule has 0 aliphatic carbocycles. The number of nitro benzene ring substituents is 1. The van der Waals surface area contributed by atoms with Crippen LogP contribution in [0.4, 0.5) is 11.5 Å². The van der Waals surface area contributed by atoms with Crippen LogP contribution in [0.5, 0.6) is 0 Å². The predicted octanol–water partition coefficient (Wildman–Crippen LogP) is 2.83. The molecule has 1 aromatic heterocycles. The molecule has 6 heteroatoms. The third kappa shape index (κ3) is 3.28. The zero-order valence-electron chi connectivity index (χ0n) is 11.4. The van der Waals surface area contributed by atoms with Crippen LogP contribution in [0.15, 0.2) is 30.3 Å². The van der Waals surface area contributed by atoms with Crippen molar-refractivity contribution in [3.05, 3.63) is 46.1 Å². The lowest BCUT2D eigenvalue weighted by Gasteiger charge is -2.07. The van der Waals surface area contributed by atoms with Crippen LogP contribution in [0.3, 0.4) is 0 Å². The average Bonchev–Trinajstić information content (AvgIpc) is 2.37. The topological polar surface area (TPSA) is 94.9 Å². The Balaban J connectivity index is 2.36. The van der Waals surface area contributed by atoms with Crippen LogP contribution in [-0.2, 0) is 6.42 Å². The fourth-order valence-corrected chi connectivity index (χ4v) is 1.90. The van der Waals surface area contributed by atoms with E-state index in [1.165, 1.54) is 12.1 Å². The van der Waals surface area contributed by atoms with Gasteiger partial charge in [0.15, 0.2) is 5.82 Å². The van der Waals surface area contributed by atoms with Crippen LogP contribution in [-0.4, -0.2) is 14.9 Å². The molecule has 6 nitrogen and oxygen atoms in total. The van der Waals surface area contributed by atoms with E-state index in [2.05, 4.69) is 23.8 Å². The number of benzene rings is 1. The first-order chi connectivity index (χ1) is 9.45. The molecule has 0 unspecified atom stereocenters. The number of rotatable bonds is 4. The van der Waals surface area contributed by atoms with E-state index in [0.29, 0.717) is 23.1 Å². The van der Waals surface area contributed by atoms with Gasteiger partial charge in [-0.3, -0.25) is 10.1 Å². The number of nitrogens with two attached hydrogens (primary N) is 1. The van der Waals surface area contributed by atoms with Crippen LogP contribution in [0.1, 0.15) is 19.5 Å². The summed E-state index contributed by atoms with van der Waals surface area (Å²) in [5.41, 5.74) is 7.42. The van der Waals surface area contributed by atoms with Gasteiger partial charge >= 0.3 is 0 Å². The second-order valence-corrected chi connectivity index (χ2v) is 5.01. The number of hydrogen-bond donors (Lipinski definition) is 1. The van der Waals surface area contributed by atoms with Gasteiger partial charge in [-0.25, -0.2) is 9.97 Å². The van der Waals surface area contributed by atoms with Crippen LogP contribution in [0, 0.1) is 16.0 Å². The van der Waals surface area contributed by atoms with Crippen molar-refractivity contribution in [2.75, 3.05) is 5.73 Å². The third-order valence-electron chi connectivity index (χ3n) is 2.75. The summed E-state index contributed by atoms with van der Waals surface area (Å²) in [4.78, 5) is 18.8. The highest BCUT2D eigenvalue weighted by Gasteiger charge is 2.09. The minimum absolute atomic E-state index is 0.0417. The van der Waals surface area contributed by atoms with Crippen molar-refractivity contribution < 1.29 is 4.92 Å². The van der Waals surface area contributed by atoms with E-state index in [-0.39, 0.29) is 5.69 Å². The fourth-order valence-electron chi connectivity index (χ4n) is 1.90. The first-order valence-electron chi connectivity index (χ1n) is 6.34. The molecule has 0 atom stereocenters. The number of nitro groups is 1. The molecule has 0 saturated carbocycles. The first-order valence-corrected chi connectivity index (χ1v) is 6.34. The molecule has 0 spiro atoms. The largest absolute Gasteiger partial charge is 0.384 e. The Kier molecular flexibility index (Phi) is 3.93. The van der Waals surface area contributed by atoms with Crippen molar-refractivity contribution in [3.63, 3.8) is 0 Å². The van der Waals surface area contributed by atoms with Gasteiger partial charge in [0.05, 0.1) is 4.92 Å². The average molecular weight is 272 g/mol. The number of nitrogen functional groups attached to an aromatic ring is 1. The molecule has 20 heavy (non-hydrogen) atoms. The minimum atomic E-state index is -0.436. The van der Waals surface area contributed by atoms with Gasteiger partial charge < -0.3 is 5.73 Å². The quantitative estimate of drug-likeness (QED) is 0.682. The number of nitrogens with zero attached hydrogens (tertiary/aromatic N) is 3. The highest BCUT2D eigenvalue weighted by molar-refractivity contribution is 5.59. The molecular formula is C14H16N4O2. The van der Waals surface area contributed by atoms with Crippen molar-refractivity contribution >= 4 is 11.5 Å². The van der Waals surface area contributed by atoms with Crippen LogP contribution >= 0.6 is 0 Å². The standard InChI is InChI=1S/C14H16N4O2/c1-9(2)7-11-8-13(15)17-14(16-11)10-3-5-12(6-4-10)18(19)20/h3-6,8-9H,7H2,1-2H3,(H2,15,16,17). The van der Waals surface area contributed by atoms with E-state index in [1.807, 2.05) is 0 Å². The molecule has 104 valence electrons. The highest BCUT2D eigenvalue weighted by atomic mass is 16.6. The van der Waals surface area contributed by atoms with Gasteiger partial charge in [-0.15, -0.1) is 0 Å². The van der Waals surface area contributed by atoms with Crippen molar-refractivity contribution in [2.24, 2.45) is 5.92 Å². The lowest BCUT2D eigenvalue weighted by Crippen LogP contribution is -2.03. The smallest absolute Gasteiger partial charge is 0.269 e. The molecule has 2 aromatic rings. The van der Waals surface area contributed by atoms with Crippen molar-refractivity contribution in [3.8, 4) is 11.4 Å². The molecule has 1 aromatic carbocycles. The Morgan fingerprint density at radius 1 is 1.25 bits per heavy atom. The Bertz CT molecular complexity index is 624. The van der Waals surface area contributed by atoms with E-state index in [9.17, 15) is 10.1 Å². The Hall–Kier alpha value is -2.50. The first kappa shape index (κ1) is 13.9. The molecule has 0 radical (unpaired) electrons. The molecule has 0 amide bonds. The molecule has 0 aliphatic rings. The maximum absolute atomic E-state index is 10.6. The minimum Gasteiger partial charge on any atom is -0.384 e. The molecule has 0 bridgehead atoms. The van der Waals surface area contributed by atoms with Crippen LogP contribution < -0.4 is 5.73 Å². The maximum atomic E-state index is 10.6. The third-order valence-corrected chi connectivity index (χ3v) is 2.75. The summed E-state index contributed by atoms with van der Waals surface area (Å²) in [6.07, 6.45) is 0.812. The number of hydrogen-bond acceptors (Lipinski definition) is 5. The molecule has 2 rings (SSSR count). The molecule has 0 fully saturated rings. The SMILES string of the molecule is CC(C)Cc1cc(N)nc(-c2ccc([N+](=O)[O-])cc2)n1. The molecule has 2 N–H and O–H groups in total. The highest BCUT2D eigenvalue weighted by Crippen LogP contribution is 2.21. The number of aromatic nitrogens is 2. The van der Waals surface area contributed by atoms with Gasteiger partial charge in [-0.1, -0.05) is 13.8 Å². The van der Waals surface area contributed by atoms with E-state index in [4.69, 9.17) is 5.73 Å². The van der Waals surface area contributed by atoms with Gasteiger partial charge in [-0.05, 0) is 24.5 Å². The Labute approximate surface area is 116 Å². The van der Waals surface area contributed by atoms with Crippen molar-refractivity contribution in [1.29, 1.82) is 0 Å². The van der Waals surface area contributed by atoms with Crippen molar-refractivity contribution in [1.82, 2.24) is 9.97 Å². The lowest BCUT2D eigenvalue weighted by atomic mass is 10.1. The summed E-state index contributed by atoms with van der Waals surface area (Å²) < 4.78 is 0. The lowest BCUT2D eigenvalue weighted by molar-refractivity contribution is -0.384. The summed E-state index contributed by atoms with van der Waals surface area (Å²) >= 11 is 0. The maximum Gasteiger partial charge on any atom is 0.269 e. The summed E-state index contributed by atoms with van der Waals surface area (Å²) in [7, 11) is 0. The van der Waals surface area contributed by atoms with Crippen molar-refractivity contribution in [2.45, 2.75) is 20.3 Å². The van der Waals surface area contributed by atoms with Gasteiger partial charge in [0.2, 0.25) is 0 Å². The summed E-state index contributed by atoms with van der Waals surface area (Å²) in [5.74, 6) is 1.37. The Morgan fingerprint density at radius 2 is 1.90 bits per heavy atom. The number of anilines is 1. The molecular weight excluding hydrogens is 256 g/mol. The van der Waals surface area contributed by atoms with Gasteiger partial charge in [0.25, 0.3) is 5.69 Å². The second kappa shape index (κ2) is 5.64. The van der Waals surface area contributed by atoms with Gasteiger partial charge in [0.1, 0.15) is 5.82 Å². The monoisotopic (exact) mass is 272 g/mol. The van der Waals surface area contributed by atoms with Crippen LogP contribution in [0.25, 0.3) is 11.4 Å². The van der Waals surface area contributed by atoms with E-state index >= 15 is 0 Å². The second-order valence-electron chi connectivity index (χ2n) is 5.01. The molecule has 1 heterocycles.